The average Bonchev–Trinajstić information content (AvgIpc) is 1.92. The molecule has 0 heterocycles. The van der Waals surface area contributed by atoms with Gasteiger partial charge >= 0.3 is 59.1 Å². The van der Waals surface area contributed by atoms with Crippen molar-refractivity contribution < 1.29 is 73.8 Å². The van der Waals surface area contributed by atoms with E-state index in [1.165, 1.54) is 12.1 Å². The van der Waals surface area contributed by atoms with Crippen molar-refractivity contribution >= 4 is 45.1 Å². The zero-order valence-electron chi connectivity index (χ0n) is 7.66. The summed E-state index contributed by atoms with van der Waals surface area (Å²) >= 11 is 6.04. The predicted molar refractivity (Wildman–Crippen MR) is 48.4 cm³/mol. The molecule has 0 N–H and O–H groups in total. The predicted octanol–water partition coefficient (Wildman–Crippen LogP) is -6.31. The van der Waals surface area contributed by atoms with Crippen molar-refractivity contribution in [3.05, 3.63) is 27.1 Å². The van der Waals surface area contributed by atoms with Gasteiger partial charge in [0.2, 0.25) is 0 Å². The number of hydrogen-bond donors (Lipinski definition) is 0. The Morgan fingerprint density at radius 3 is 1.86 bits per heavy atom. The van der Waals surface area contributed by atoms with Crippen molar-refractivity contribution in [1.82, 2.24) is 0 Å². The normalized spacial score (nSPS) is 10.1. The quantitative estimate of drug-likeness (QED) is 0.370. The fourth-order valence-corrected chi connectivity index (χ4v) is 2.77. The van der Waals surface area contributed by atoms with Crippen LogP contribution in [-0.4, -0.2) is 0 Å². The Bertz CT molecular complexity index is 306. The van der Waals surface area contributed by atoms with Crippen LogP contribution in [0.4, 0.5) is 0 Å². The van der Waals surface area contributed by atoms with Crippen LogP contribution >= 0.6 is 39.8 Å². The molecule has 0 radical (unpaired) electrons. The fourth-order valence-electron chi connectivity index (χ4n) is 0.696. The van der Waals surface area contributed by atoms with E-state index < -0.39 is 7.94 Å². The first-order chi connectivity index (χ1) is 5.41. The Balaban J connectivity index is 0. The summed E-state index contributed by atoms with van der Waals surface area (Å²) in [6.07, 6.45) is 0. The third-order valence-corrected chi connectivity index (χ3v) is 3.65. The number of rotatable bonds is 1. The van der Waals surface area contributed by atoms with Gasteiger partial charge in [0, 0.05) is 4.47 Å². The minimum absolute atomic E-state index is 0. The molecule has 0 saturated carbocycles. The van der Waals surface area contributed by atoms with Crippen LogP contribution in [0.2, 0.25) is 0 Å². The van der Waals surface area contributed by atoms with E-state index in [2.05, 4.69) is 31.9 Å². The Hall–Kier alpha value is 2.49. The van der Waals surface area contributed by atoms with Gasteiger partial charge in [0.05, 0.1) is 9.78 Å². The van der Waals surface area contributed by atoms with Gasteiger partial charge in [0.15, 0.2) is 0 Å². The molecule has 0 aromatic heterocycles. The van der Waals surface area contributed by atoms with E-state index in [4.69, 9.17) is 0 Å². The Kier molecular flexibility index (Phi) is 10.4. The van der Waals surface area contributed by atoms with Gasteiger partial charge in [-0.15, -0.1) is 7.94 Å². The average molecular weight is 360 g/mol. The topological polar surface area (TPSA) is 69.2 Å². The van der Waals surface area contributed by atoms with Crippen molar-refractivity contribution in [3.8, 4) is 0 Å². The van der Waals surface area contributed by atoms with Crippen LogP contribution in [0.25, 0.3) is 0 Å². The molecule has 0 aliphatic heterocycles. The van der Waals surface area contributed by atoms with Crippen LogP contribution in [-0.2, 0) is 0 Å². The number of hydrogen-bond acceptors (Lipinski definition) is 3. The second-order valence-corrected chi connectivity index (χ2v) is 5.34. The molecule has 1 aromatic carbocycles. The minimum Gasteiger partial charge on any atom is -0.683 e. The maximum absolute atomic E-state index is 10.6. The van der Waals surface area contributed by atoms with Gasteiger partial charge in [-0.2, -0.15) is 0 Å². The SMILES string of the molecule is [Na+].[Na+].[O-][P+]([O-])([O-])c1cc(Br)ccc1Br. The van der Waals surface area contributed by atoms with Crippen LogP contribution in [0.3, 0.4) is 0 Å². The first-order valence-electron chi connectivity index (χ1n) is 2.89. The maximum Gasteiger partial charge on any atom is 1.00 e. The number of benzene rings is 1. The van der Waals surface area contributed by atoms with Crippen molar-refractivity contribution in [3.63, 3.8) is 0 Å². The second-order valence-electron chi connectivity index (χ2n) is 2.09. The van der Waals surface area contributed by atoms with Crippen LogP contribution in [0.5, 0.6) is 0 Å². The Labute approximate surface area is 144 Å². The molecule has 0 atom stereocenters. The zero-order chi connectivity index (χ0) is 9.35. The summed E-state index contributed by atoms with van der Waals surface area (Å²) in [5.41, 5.74) is 0. The van der Waals surface area contributed by atoms with Crippen molar-refractivity contribution in [2.75, 3.05) is 0 Å². The summed E-state index contributed by atoms with van der Waals surface area (Å²) < 4.78 is 0.853. The molecule has 0 bridgehead atoms. The smallest absolute Gasteiger partial charge is 0.683 e. The number of halogens is 2. The van der Waals surface area contributed by atoms with Crippen molar-refractivity contribution in [1.29, 1.82) is 0 Å². The Morgan fingerprint density at radius 2 is 1.50 bits per heavy atom. The van der Waals surface area contributed by atoms with E-state index in [0.29, 0.717) is 8.95 Å². The molecule has 1 aromatic rings. The molecule has 14 heavy (non-hydrogen) atoms. The summed E-state index contributed by atoms with van der Waals surface area (Å²) in [7, 11) is -4.66. The van der Waals surface area contributed by atoms with E-state index in [0.717, 1.165) is 0 Å². The molecule has 0 fully saturated rings. The molecular weight excluding hydrogens is 357 g/mol. The van der Waals surface area contributed by atoms with Crippen LogP contribution in [0, 0.1) is 0 Å². The molecule has 0 unspecified atom stereocenters. The van der Waals surface area contributed by atoms with Crippen LogP contribution < -0.4 is 79.1 Å². The molecule has 0 saturated heterocycles. The summed E-state index contributed by atoms with van der Waals surface area (Å²) in [5, 5.41) is -0.225. The van der Waals surface area contributed by atoms with E-state index >= 15 is 0 Å². The summed E-state index contributed by atoms with van der Waals surface area (Å²) in [5.74, 6) is 0. The van der Waals surface area contributed by atoms with Gasteiger partial charge in [0.1, 0.15) is 0 Å². The largest absolute Gasteiger partial charge is 1.00 e. The third kappa shape index (κ3) is 5.71. The monoisotopic (exact) mass is 358 g/mol. The molecular formula is C6H3Br2Na2O3P. The molecule has 0 amide bonds. The Morgan fingerprint density at radius 1 is 1.00 bits per heavy atom. The first kappa shape index (κ1) is 18.8. The van der Waals surface area contributed by atoms with Gasteiger partial charge in [0.25, 0.3) is 0 Å². The zero-order valence-corrected chi connectivity index (χ0v) is 15.7. The van der Waals surface area contributed by atoms with E-state index in [-0.39, 0.29) is 64.4 Å². The molecule has 1 rings (SSSR count). The fraction of sp³-hybridized carbons (Fsp3) is 0. The second kappa shape index (κ2) is 7.75. The van der Waals surface area contributed by atoms with Crippen LogP contribution in [0.15, 0.2) is 27.1 Å². The summed E-state index contributed by atoms with van der Waals surface area (Å²) in [6.45, 7) is 0. The van der Waals surface area contributed by atoms with Gasteiger partial charge in [-0.25, -0.2) is 0 Å². The van der Waals surface area contributed by atoms with E-state index in [1.54, 1.807) is 6.07 Å². The summed E-state index contributed by atoms with van der Waals surface area (Å²) in [6, 6.07) is 4.41. The van der Waals surface area contributed by atoms with Gasteiger partial charge in [-0.1, -0.05) is 15.9 Å². The van der Waals surface area contributed by atoms with Crippen molar-refractivity contribution in [2.45, 2.75) is 0 Å². The van der Waals surface area contributed by atoms with E-state index in [9.17, 15) is 14.7 Å². The molecule has 0 spiro atoms. The molecule has 66 valence electrons. The summed E-state index contributed by atoms with van der Waals surface area (Å²) in [4.78, 5) is 31.9. The standard InChI is InChI=1S/C6H5Br2O3P.2Na/c7-4-1-2-5(8)6(3-4)12(9,10)11;;/h1-3H,(H2,9,10,11);;/q;2*+1/p-2. The van der Waals surface area contributed by atoms with E-state index in [1.807, 2.05) is 0 Å². The minimum atomic E-state index is -4.66. The van der Waals surface area contributed by atoms with Crippen molar-refractivity contribution in [2.24, 2.45) is 0 Å². The third-order valence-electron chi connectivity index (χ3n) is 1.20. The maximum atomic E-state index is 10.6. The van der Waals surface area contributed by atoms with Gasteiger partial charge in [-0.05, 0) is 34.1 Å². The van der Waals surface area contributed by atoms with Gasteiger partial charge in [-0.3, -0.25) is 0 Å². The molecule has 8 heteroatoms. The van der Waals surface area contributed by atoms with Gasteiger partial charge < -0.3 is 14.7 Å². The van der Waals surface area contributed by atoms with Crippen LogP contribution in [0.1, 0.15) is 0 Å². The molecule has 3 nitrogen and oxygen atoms in total. The molecule has 0 aliphatic rings. The molecule has 0 aliphatic carbocycles. The first-order valence-corrected chi connectivity index (χ1v) is 6.02.